The zero-order valence-electron chi connectivity index (χ0n) is 22.1. The standard InChI is InChI=1S/C32H33NO5/c1-18(19-4-5-21-15-24(36-3)9-8-20(21)14-19)31(35)37-27-11-10-25-26-16-22-6-7-23(17-34)29-28(22)32(25,30(27)38-29)12-13-33(26)2/h4-9,11,14-15,18,25-26,30,34H,10,12-13,16-17H2,1-3H3. The van der Waals surface area contributed by atoms with Gasteiger partial charge in [-0.3, -0.25) is 4.79 Å². The second kappa shape index (κ2) is 8.58. The summed E-state index contributed by atoms with van der Waals surface area (Å²) in [5, 5.41) is 12.2. The minimum absolute atomic E-state index is 0.0664. The van der Waals surface area contributed by atoms with Crippen LogP contribution in [0.5, 0.6) is 11.5 Å². The van der Waals surface area contributed by atoms with Crippen LogP contribution in [0.4, 0.5) is 0 Å². The number of methoxy groups -OCH3 is 1. The number of likely N-dealkylation sites (tertiary alicyclic amines) is 1. The van der Waals surface area contributed by atoms with Crippen molar-refractivity contribution in [3.05, 3.63) is 82.6 Å². The summed E-state index contributed by atoms with van der Waals surface area (Å²) in [5.74, 6) is 1.93. The van der Waals surface area contributed by atoms with Gasteiger partial charge in [0.05, 0.1) is 19.6 Å². The molecule has 1 saturated heterocycles. The summed E-state index contributed by atoms with van der Waals surface area (Å²) in [6.07, 6.45) is 4.53. The molecule has 5 unspecified atom stereocenters. The second-order valence-electron chi connectivity index (χ2n) is 11.4. The Labute approximate surface area is 222 Å². The molecule has 2 aliphatic carbocycles. The highest BCUT2D eigenvalue weighted by Gasteiger charge is 2.64. The predicted octanol–water partition coefficient (Wildman–Crippen LogP) is 4.85. The number of esters is 1. The third kappa shape index (κ3) is 3.23. The fourth-order valence-corrected chi connectivity index (χ4v) is 7.59. The van der Waals surface area contributed by atoms with Gasteiger partial charge in [0.2, 0.25) is 0 Å². The lowest BCUT2D eigenvalue weighted by atomic mass is 9.53. The van der Waals surface area contributed by atoms with Gasteiger partial charge in [-0.1, -0.05) is 36.4 Å². The molecular formula is C32H33NO5. The number of carbonyl (C=O) groups is 1. The van der Waals surface area contributed by atoms with Crippen LogP contribution >= 0.6 is 0 Å². The molecule has 3 aromatic rings. The van der Waals surface area contributed by atoms with Crippen molar-refractivity contribution in [3.63, 3.8) is 0 Å². The SMILES string of the molecule is COc1ccc2cc(C(C)C(=O)OC3=CCC4C5Cc6ccc(CO)c7c6C4(CCN5C)C3O7)ccc2c1. The van der Waals surface area contributed by atoms with Crippen LogP contribution in [-0.4, -0.2) is 48.8 Å². The van der Waals surface area contributed by atoms with E-state index in [9.17, 15) is 9.90 Å². The highest BCUT2D eigenvalue weighted by molar-refractivity contribution is 5.87. The highest BCUT2D eigenvalue weighted by atomic mass is 16.6. The number of carbonyl (C=O) groups excluding carboxylic acids is 1. The van der Waals surface area contributed by atoms with Gasteiger partial charge in [-0.05, 0) is 85.8 Å². The van der Waals surface area contributed by atoms with Crippen LogP contribution in [-0.2, 0) is 28.0 Å². The van der Waals surface area contributed by atoms with E-state index >= 15 is 0 Å². The number of benzene rings is 3. The molecule has 3 aromatic carbocycles. The number of hydrogen-bond acceptors (Lipinski definition) is 6. The van der Waals surface area contributed by atoms with Crippen molar-refractivity contribution in [1.29, 1.82) is 0 Å². The molecule has 1 fully saturated rings. The molecule has 5 atom stereocenters. The average Bonchev–Trinajstić information content (AvgIpc) is 3.30. The summed E-state index contributed by atoms with van der Waals surface area (Å²) in [6, 6.07) is 16.6. The van der Waals surface area contributed by atoms with Crippen LogP contribution < -0.4 is 9.47 Å². The molecule has 2 heterocycles. The van der Waals surface area contributed by atoms with Crippen LogP contribution in [0.1, 0.15) is 47.9 Å². The summed E-state index contributed by atoms with van der Waals surface area (Å²) < 4.78 is 18.2. The molecule has 0 radical (unpaired) electrons. The number of aliphatic hydroxyl groups is 1. The minimum Gasteiger partial charge on any atom is -0.497 e. The number of rotatable bonds is 5. The maximum atomic E-state index is 13.5. The Bertz CT molecular complexity index is 1490. The van der Waals surface area contributed by atoms with E-state index < -0.39 is 5.92 Å². The van der Waals surface area contributed by atoms with Crippen LogP contribution in [0.25, 0.3) is 10.8 Å². The van der Waals surface area contributed by atoms with Crippen LogP contribution in [0.15, 0.2) is 60.4 Å². The first-order valence-corrected chi connectivity index (χ1v) is 13.6. The number of nitrogens with zero attached hydrogens (tertiary/aromatic N) is 1. The normalized spacial score (nSPS) is 27.8. The van der Waals surface area contributed by atoms with Crippen LogP contribution in [0.3, 0.4) is 0 Å². The molecule has 6 nitrogen and oxygen atoms in total. The topological polar surface area (TPSA) is 68.2 Å². The zero-order valence-corrected chi connectivity index (χ0v) is 22.1. The van der Waals surface area contributed by atoms with Gasteiger partial charge in [-0.25, -0.2) is 0 Å². The van der Waals surface area contributed by atoms with E-state index in [1.165, 1.54) is 11.1 Å². The predicted molar refractivity (Wildman–Crippen MR) is 144 cm³/mol. The van der Waals surface area contributed by atoms with Crippen molar-refractivity contribution in [2.24, 2.45) is 5.92 Å². The summed E-state index contributed by atoms with van der Waals surface area (Å²) in [5.41, 5.74) is 4.07. The van der Waals surface area contributed by atoms with Gasteiger partial charge in [0.15, 0.2) is 6.10 Å². The maximum Gasteiger partial charge on any atom is 0.318 e. The third-order valence-corrected chi connectivity index (χ3v) is 9.64. The largest absolute Gasteiger partial charge is 0.497 e. The van der Waals surface area contributed by atoms with Crippen molar-refractivity contribution in [2.75, 3.05) is 20.7 Å². The Morgan fingerprint density at radius 2 is 2.00 bits per heavy atom. The van der Waals surface area contributed by atoms with E-state index in [0.29, 0.717) is 17.7 Å². The molecule has 4 aliphatic rings. The summed E-state index contributed by atoms with van der Waals surface area (Å²) in [7, 11) is 3.88. The molecule has 2 aliphatic heterocycles. The molecule has 0 saturated carbocycles. The smallest absolute Gasteiger partial charge is 0.318 e. The van der Waals surface area contributed by atoms with E-state index in [-0.39, 0.29) is 24.1 Å². The van der Waals surface area contributed by atoms with Crippen molar-refractivity contribution in [2.45, 2.75) is 56.3 Å². The first kappa shape index (κ1) is 23.7. The number of piperidine rings is 1. The second-order valence-corrected chi connectivity index (χ2v) is 11.4. The molecule has 38 heavy (non-hydrogen) atoms. The number of hydrogen-bond donors (Lipinski definition) is 1. The molecule has 0 aromatic heterocycles. The van der Waals surface area contributed by atoms with E-state index in [0.717, 1.165) is 59.2 Å². The molecule has 7 rings (SSSR count). The van der Waals surface area contributed by atoms with E-state index in [1.54, 1.807) is 7.11 Å². The lowest BCUT2D eigenvalue weighted by Gasteiger charge is -2.56. The van der Waals surface area contributed by atoms with Crippen LogP contribution in [0.2, 0.25) is 0 Å². The van der Waals surface area contributed by atoms with Gasteiger partial charge in [0.1, 0.15) is 17.3 Å². The van der Waals surface area contributed by atoms with Gasteiger partial charge in [0.25, 0.3) is 0 Å². The number of aliphatic hydroxyl groups excluding tert-OH is 1. The van der Waals surface area contributed by atoms with Gasteiger partial charge >= 0.3 is 5.97 Å². The Balaban J connectivity index is 1.21. The van der Waals surface area contributed by atoms with Gasteiger partial charge < -0.3 is 24.2 Å². The average molecular weight is 512 g/mol. The fourth-order valence-electron chi connectivity index (χ4n) is 7.59. The Morgan fingerprint density at radius 1 is 1.18 bits per heavy atom. The number of fused-ring (bicyclic) bond motifs is 1. The fraction of sp³-hybridized carbons (Fsp3) is 0.406. The molecular weight excluding hydrogens is 478 g/mol. The van der Waals surface area contributed by atoms with Crippen molar-refractivity contribution in [1.82, 2.24) is 4.90 Å². The highest BCUT2D eigenvalue weighted by Crippen LogP contribution is 2.62. The Kier molecular flexibility index (Phi) is 5.36. The molecule has 0 amide bonds. The van der Waals surface area contributed by atoms with Crippen molar-refractivity contribution >= 4 is 16.7 Å². The Hall–Kier alpha value is -3.35. The minimum atomic E-state index is -0.429. The number of ether oxygens (including phenoxy) is 3. The molecule has 1 N–H and O–H groups in total. The first-order chi connectivity index (χ1) is 18.4. The lowest BCUT2D eigenvalue weighted by molar-refractivity contribution is -0.144. The third-order valence-electron chi connectivity index (χ3n) is 9.64. The van der Waals surface area contributed by atoms with E-state index in [2.05, 4.69) is 30.2 Å². The molecule has 196 valence electrons. The van der Waals surface area contributed by atoms with Crippen molar-refractivity contribution in [3.8, 4) is 11.5 Å². The van der Waals surface area contributed by atoms with Crippen LogP contribution in [0, 0.1) is 5.92 Å². The molecule has 6 heteroatoms. The maximum absolute atomic E-state index is 13.5. The van der Waals surface area contributed by atoms with Gasteiger partial charge in [-0.15, -0.1) is 0 Å². The van der Waals surface area contributed by atoms with Crippen molar-refractivity contribution < 1.29 is 24.1 Å². The van der Waals surface area contributed by atoms with E-state index in [4.69, 9.17) is 14.2 Å². The first-order valence-electron chi connectivity index (χ1n) is 13.6. The quantitative estimate of drug-likeness (QED) is 0.494. The number of likely N-dealkylation sites (N-methyl/N-ethyl adjacent to an activating group) is 1. The zero-order chi connectivity index (χ0) is 26.2. The number of allylic oxidation sites excluding steroid dienone is 1. The summed E-state index contributed by atoms with van der Waals surface area (Å²) in [4.78, 5) is 16.0. The molecule has 1 spiro atoms. The molecule has 2 bridgehead atoms. The van der Waals surface area contributed by atoms with E-state index in [1.807, 2.05) is 43.3 Å². The summed E-state index contributed by atoms with van der Waals surface area (Å²) >= 11 is 0. The lowest BCUT2D eigenvalue weighted by Crippen LogP contribution is -2.63. The van der Waals surface area contributed by atoms with Gasteiger partial charge in [0, 0.05) is 22.6 Å². The summed E-state index contributed by atoms with van der Waals surface area (Å²) in [6.45, 7) is 2.81. The Morgan fingerprint density at radius 3 is 2.82 bits per heavy atom. The monoisotopic (exact) mass is 511 g/mol. The van der Waals surface area contributed by atoms with Gasteiger partial charge in [-0.2, -0.15) is 0 Å².